The first-order chi connectivity index (χ1) is 17.4. The highest BCUT2D eigenvalue weighted by atomic mass is 28.2. The Morgan fingerprint density at radius 3 is 0.833 bits per heavy atom. The SMILES string of the molecule is CCOC(OCC)[SiH2]Cn1c(=O)n(C[SiH2]C(OCC)OCC)c(=O)n(C[SiH2]C(OCC)OCC)c1=O. The van der Waals surface area contributed by atoms with E-state index < -0.39 is 63.4 Å². The summed E-state index contributed by atoms with van der Waals surface area (Å²) in [5, 5.41) is 0. The zero-order valence-electron chi connectivity index (χ0n) is 22.7. The molecule has 12 nitrogen and oxygen atoms in total. The van der Waals surface area contributed by atoms with Crippen LogP contribution in [-0.4, -0.2) is 99.6 Å². The number of ether oxygens (including phenoxy) is 6. The molecule has 0 aliphatic heterocycles. The van der Waals surface area contributed by atoms with E-state index >= 15 is 0 Å². The normalized spacial score (nSPS) is 12.9. The predicted molar refractivity (Wildman–Crippen MR) is 146 cm³/mol. The second-order valence-electron chi connectivity index (χ2n) is 7.69. The summed E-state index contributed by atoms with van der Waals surface area (Å²) >= 11 is 0. The Balaban J connectivity index is 3.36. The van der Waals surface area contributed by atoms with Crippen LogP contribution in [0.3, 0.4) is 0 Å². The van der Waals surface area contributed by atoms with Gasteiger partial charge in [-0.15, -0.1) is 0 Å². The topological polar surface area (TPSA) is 121 Å². The molecule has 0 amide bonds. The Hall–Kier alpha value is -1.18. The molecule has 0 unspecified atom stereocenters. The van der Waals surface area contributed by atoms with Crippen LogP contribution in [0.5, 0.6) is 0 Å². The molecule has 0 aliphatic rings. The van der Waals surface area contributed by atoms with Crippen LogP contribution < -0.4 is 17.1 Å². The van der Waals surface area contributed by atoms with Gasteiger partial charge in [-0.05, 0) is 41.5 Å². The van der Waals surface area contributed by atoms with E-state index in [2.05, 4.69) is 0 Å². The Morgan fingerprint density at radius 2 is 0.667 bits per heavy atom. The zero-order chi connectivity index (χ0) is 26.9. The molecule has 210 valence electrons. The number of rotatable bonds is 21. The van der Waals surface area contributed by atoms with Crippen molar-refractivity contribution in [3.63, 3.8) is 0 Å². The summed E-state index contributed by atoms with van der Waals surface area (Å²) in [5.74, 6) is -1.24. The van der Waals surface area contributed by atoms with Crippen molar-refractivity contribution in [1.29, 1.82) is 0 Å². The minimum atomic E-state index is -1.16. The smallest absolute Gasteiger partial charge is 0.335 e. The second-order valence-corrected chi connectivity index (χ2v) is 12.8. The third kappa shape index (κ3) is 10.7. The fourth-order valence-electron chi connectivity index (χ4n) is 3.72. The monoisotopic (exact) mass is 567 g/mol. The molecule has 0 N–H and O–H groups in total. The van der Waals surface area contributed by atoms with Crippen LogP contribution >= 0.6 is 0 Å². The number of hydrogen-bond acceptors (Lipinski definition) is 9. The van der Waals surface area contributed by atoms with Crippen molar-refractivity contribution < 1.29 is 28.4 Å². The van der Waals surface area contributed by atoms with Crippen LogP contribution in [-0.2, 0) is 46.9 Å². The maximum atomic E-state index is 13.3. The summed E-state index contributed by atoms with van der Waals surface area (Å²) in [6.45, 7) is 14.1. The van der Waals surface area contributed by atoms with Crippen LogP contribution in [0.15, 0.2) is 14.4 Å². The van der Waals surface area contributed by atoms with Crippen molar-refractivity contribution in [2.24, 2.45) is 0 Å². The average Bonchev–Trinajstić information content (AvgIpc) is 2.84. The quantitative estimate of drug-likeness (QED) is 0.118. The molecule has 0 fully saturated rings. The van der Waals surface area contributed by atoms with E-state index in [-0.39, 0.29) is 18.5 Å². The molecule has 0 aromatic carbocycles. The molecule has 1 aromatic heterocycles. The second kappa shape index (κ2) is 19.0. The fourth-order valence-corrected chi connectivity index (χ4v) is 8.69. The van der Waals surface area contributed by atoms with Crippen LogP contribution in [0.25, 0.3) is 0 Å². The molecule has 0 aliphatic carbocycles. The van der Waals surface area contributed by atoms with Crippen LogP contribution in [0.1, 0.15) is 41.5 Å². The van der Waals surface area contributed by atoms with Crippen molar-refractivity contribution in [3.05, 3.63) is 31.5 Å². The van der Waals surface area contributed by atoms with Crippen molar-refractivity contribution in [2.45, 2.75) is 77.8 Å². The molecular weight excluding hydrogens is 523 g/mol. The maximum Gasteiger partial charge on any atom is 0.335 e. The third-order valence-electron chi connectivity index (χ3n) is 5.27. The molecule has 0 bridgehead atoms. The average molecular weight is 568 g/mol. The minimum Gasteiger partial charge on any atom is -0.357 e. The first-order valence-electron chi connectivity index (χ1n) is 13.0. The molecule has 0 atom stereocenters. The highest BCUT2D eigenvalue weighted by Crippen LogP contribution is 1.97. The van der Waals surface area contributed by atoms with Crippen LogP contribution in [0.2, 0.25) is 0 Å². The van der Waals surface area contributed by atoms with Gasteiger partial charge < -0.3 is 28.4 Å². The van der Waals surface area contributed by atoms with E-state index in [0.29, 0.717) is 39.6 Å². The molecule has 0 saturated carbocycles. The van der Waals surface area contributed by atoms with Crippen molar-refractivity contribution in [1.82, 2.24) is 13.7 Å². The molecule has 1 rings (SSSR count). The fraction of sp³-hybridized carbons (Fsp3) is 0.857. The standard InChI is InChI=1S/C21H45N3O9Si3/c1-7-28-19(29-8-2)34-13-22-16(25)23(14-35-20(30-9-3)31-10-4)18(27)24(17(22)26)15-36-21(32-11-5)33-12-6/h19-21H,7-15,34-36H2,1-6H3. The van der Waals surface area contributed by atoms with Gasteiger partial charge in [-0.2, -0.15) is 0 Å². The third-order valence-corrected chi connectivity index (χ3v) is 10.2. The van der Waals surface area contributed by atoms with Gasteiger partial charge in [0.05, 0.1) is 0 Å². The van der Waals surface area contributed by atoms with E-state index in [1.807, 2.05) is 41.5 Å². The Labute approximate surface area is 219 Å². The molecule has 36 heavy (non-hydrogen) atoms. The number of aromatic nitrogens is 3. The molecule has 0 saturated heterocycles. The number of hydrogen-bond donors (Lipinski definition) is 0. The van der Waals surface area contributed by atoms with Crippen molar-refractivity contribution in [2.75, 3.05) is 39.6 Å². The summed E-state index contributed by atoms with van der Waals surface area (Å²) < 4.78 is 37.3. The molecule has 0 spiro atoms. The van der Waals surface area contributed by atoms with E-state index in [4.69, 9.17) is 28.4 Å². The molecular formula is C21H45N3O9Si3. The summed E-state index contributed by atoms with van der Waals surface area (Å²) in [6, 6.07) is 0. The van der Waals surface area contributed by atoms with Gasteiger partial charge in [0.15, 0.2) is 0 Å². The van der Waals surface area contributed by atoms with Crippen molar-refractivity contribution >= 4 is 28.6 Å². The van der Waals surface area contributed by atoms with Crippen LogP contribution in [0, 0.1) is 0 Å². The van der Waals surface area contributed by atoms with Crippen molar-refractivity contribution in [3.8, 4) is 0 Å². The zero-order valence-corrected chi connectivity index (χ0v) is 27.0. The van der Waals surface area contributed by atoms with E-state index in [1.165, 1.54) is 0 Å². The summed E-state index contributed by atoms with van der Waals surface area (Å²) in [7, 11) is -3.48. The highest BCUT2D eigenvalue weighted by molar-refractivity contribution is 6.35. The summed E-state index contributed by atoms with van der Waals surface area (Å²) in [4.78, 5) is 40.0. The summed E-state index contributed by atoms with van der Waals surface area (Å²) in [6.07, 6.45) is 0.602. The predicted octanol–water partition coefficient (Wildman–Crippen LogP) is -2.38. The van der Waals surface area contributed by atoms with Crippen LogP contribution in [0.4, 0.5) is 0 Å². The Kier molecular flexibility index (Phi) is 17.3. The van der Waals surface area contributed by atoms with Gasteiger partial charge in [0.1, 0.15) is 46.3 Å². The lowest BCUT2D eigenvalue weighted by atomic mass is 10.8. The van der Waals surface area contributed by atoms with Gasteiger partial charge in [0, 0.05) is 58.1 Å². The lowest BCUT2D eigenvalue weighted by Crippen LogP contribution is -2.57. The lowest BCUT2D eigenvalue weighted by Gasteiger charge is -2.20. The Morgan fingerprint density at radius 1 is 0.472 bits per heavy atom. The lowest BCUT2D eigenvalue weighted by molar-refractivity contribution is -0.0833. The van der Waals surface area contributed by atoms with E-state index in [9.17, 15) is 14.4 Å². The van der Waals surface area contributed by atoms with Gasteiger partial charge in [0.2, 0.25) is 0 Å². The molecule has 1 aromatic rings. The minimum absolute atomic E-state index is 0.201. The van der Waals surface area contributed by atoms with Gasteiger partial charge in [0.25, 0.3) is 0 Å². The summed E-state index contributed by atoms with van der Waals surface area (Å²) in [5.41, 5.74) is -1.81. The highest BCUT2D eigenvalue weighted by Gasteiger charge is 2.20. The molecule has 15 heteroatoms. The van der Waals surface area contributed by atoms with E-state index in [1.54, 1.807) is 0 Å². The first-order valence-corrected chi connectivity index (χ1v) is 18.5. The Bertz CT molecular complexity index is 747. The van der Waals surface area contributed by atoms with Gasteiger partial charge in [-0.25, -0.2) is 28.1 Å². The maximum absolute atomic E-state index is 13.3. The van der Waals surface area contributed by atoms with Gasteiger partial charge in [-0.1, -0.05) is 0 Å². The van der Waals surface area contributed by atoms with Gasteiger partial charge in [-0.3, -0.25) is 0 Å². The molecule has 0 radical (unpaired) electrons. The largest absolute Gasteiger partial charge is 0.357 e. The first kappa shape index (κ1) is 32.8. The van der Waals surface area contributed by atoms with E-state index in [0.717, 1.165) is 13.7 Å². The molecule has 1 heterocycles. The van der Waals surface area contributed by atoms with Gasteiger partial charge >= 0.3 is 17.1 Å². The number of nitrogens with zero attached hydrogens (tertiary/aromatic N) is 3.